The Kier molecular flexibility index (Phi) is 9.12. The molecule has 5 rings (SSSR count). The number of fused-ring (bicyclic) bond motifs is 2. The Morgan fingerprint density at radius 1 is 1.16 bits per heavy atom. The molecule has 0 spiro atoms. The molecule has 0 bridgehead atoms. The maximum Gasteiger partial charge on any atom is 0.490 e. The predicted octanol–water partition coefficient (Wildman–Crippen LogP) is 1.32. The van der Waals surface area contributed by atoms with Gasteiger partial charge in [-0.25, -0.2) is 23.7 Å². The second-order valence-corrected chi connectivity index (χ2v) is 14.7. The van der Waals surface area contributed by atoms with E-state index in [1.54, 1.807) is 5.38 Å². The lowest BCUT2D eigenvalue weighted by Gasteiger charge is -2.22. The summed E-state index contributed by atoms with van der Waals surface area (Å²) in [6.45, 7) is 0.409. The van der Waals surface area contributed by atoms with E-state index < -0.39 is 66.8 Å². The topological polar surface area (TPSA) is 306 Å². The van der Waals surface area contributed by atoms with Crippen LogP contribution < -0.4 is 11.1 Å². The van der Waals surface area contributed by atoms with Crippen molar-refractivity contribution >= 4 is 81.5 Å². The van der Waals surface area contributed by atoms with Gasteiger partial charge in [-0.15, -0.1) is 11.3 Å². The van der Waals surface area contributed by atoms with Gasteiger partial charge in [-0.1, -0.05) is 12.2 Å². The number of Topliss-reactive ketones (excluding diaryl/α,β-unsaturated/α-hetero) is 1. The number of thiophene rings is 1. The number of ether oxygens (including phenoxy) is 3. The Bertz CT molecular complexity index is 1820. The van der Waals surface area contributed by atoms with Gasteiger partial charge in [0.15, 0.2) is 22.6 Å². The standard InChI is InChI=1S/C18H21N6O15P3S2/c1-6(25)12-7(2-3-44-12)21-14(26)17-36-10-8(4-34-41(30,31)39-42(32,33)38-40(27,28)29)35-16(11(10)37-17)24-5-20-9-13(24)22-18(19)23-15(9)43/h2-3,5,8,10-11,16-17H,4H2,1H3,(H,21,26)(H,30,31)(H,32,33)(H2,27,28,29)(H3,19,22,23,43)/t8?,10?,11?,16?,17-/m1/s1. The molecule has 5 heterocycles. The zero-order chi connectivity index (χ0) is 32.2. The third kappa shape index (κ3) is 7.23. The number of ketones is 1. The van der Waals surface area contributed by atoms with E-state index in [0.29, 0.717) is 0 Å². The highest BCUT2D eigenvalue weighted by molar-refractivity contribution is 7.71. The largest absolute Gasteiger partial charge is 0.490 e. The predicted molar refractivity (Wildman–Crippen MR) is 147 cm³/mol. The Morgan fingerprint density at radius 2 is 1.86 bits per heavy atom. The van der Waals surface area contributed by atoms with Crippen molar-refractivity contribution in [1.29, 1.82) is 0 Å². The molecule has 2 aliphatic rings. The molecule has 240 valence electrons. The van der Waals surface area contributed by atoms with Gasteiger partial charge < -0.3 is 49.8 Å². The Labute approximate surface area is 253 Å². The van der Waals surface area contributed by atoms with E-state index in [2.05, 4.69) is 28.9 Å². The number of hydrogen-bond donors (Lipinski definition) is 7. The lowest BCUT2D eigenvalue weighted by atomic mass is 10.1. The van der Waals surface area contributed by atoms with Crippen LogP contribution in [-0.2, 0) is 45.8 Å². The number of hydrogen-bond acceptors (Lipinski definition) is 16. The third-order valence-electron chi connectivity index (χ3n) is 5.86. The number of rotatable bonds is 11. The minimum Gasteiger partial charge on any atom is -0.369 e. The highest BCUT2D eigenvalue weighted by Gasteiger charge is 2.56. The normalized spacial score (nSPS) is 26.2. The molecule has 0 radical (unpaired) electrons. The smallest absolute Gasteiger partial charge is 0.369 e. The number of aromatic nitrogens is 4. The van der Waals surface area contributed by atoms with Crippen molar-refractivity contribution in [2.75, 3.05) is 17.7 Å². The summed E-state index contributed by atoms with van der Waals surface area (Å²) in [7, 11) is -16.9. The van der Waals surface area contributed by atoms with Gasteiger partial charge in [0.1, 0.15) is 29.5 Å². The molecular weight excluding hydrogens is 697 g/mol. The van der Waals surface area contributed by atoms with Gasteiger partial charge in [0, 0.05) is 6.92 Å². The van der Waals surface area contributed by atoms with Crippen molar-refractivity contribution in [1.82, 2.24) is 19.5 Å². The molecule has 1 amide bonds. The number of aromatic amines is 1. The van der Waals surface area contributed by atoms with Crippen LogP contribution in [0, 0.1) is 4.64 Å². The lowest BCUT2D eigenvalue weighted by Crippen LogP contribution is -2.34. The van der Waals surface area contributed by atoms with Gasteiger partial charge in [-0.2, -0.15) is 8.62 Å². The molecule has 8 N–H and O–H groups in total. The van der Waals surface area contributed by atoms with E-state index in [9.17, 15) is 33.1 Å². The SMILES string of the molecule is CC(=O)c1sccc1NC(=O)[C@@H]1OC2C(COP(=O)(O)OP(=O)(O)OP(=O)(O)O)OC(n3cnc4c(=S)nc(N)[nH]c43)C2O1. The van der Waals surface area contributed by atoms with E-state index in [4.69, 9.17) is 46.5 Å². The van der Waals surface area contributed by atoms with Gasteiger partial charge in [0.25, 0.3) is 5.91 Å². The number of nitrogens with one attached hydrogen (secondary N) is 2. The number of H-pyrrole nitrogens is 1. The number of phosphoric acid groups is 3. The quantitative estimate of drug-likeness (QED) is 0.0835. The maximum absolute atomic E-state index is 13.1. The molecule has 2 aliphatic heterocycles. The minimum absolute atomic E-state index is 0.0478. The van der Waals surface area contributed by atoms with E-state index in [0.717, 1.165) is 11.3 Å². The number of nitrogens with zero attached hydrogens (tertiary/aromatic N) is 3. The molecule has 2 saturated heterocycles. The average Bonchev–Trinajstić information content (AvgIpc) is 3.64. The first kappa shape index (κ1) is 33.1. The first-order chi connectivity index (χ1) is 20.4. The number of nitrogens with two attached hydrogens (primary N) is 1. The molecule has 3 aromatic rings. The fourth-order valence-corrected chi connectivity index (χ4v) is 8.34. The van der Waals surface area contributed by atoms with E-state index in [-0.39, 0.29) is 38.1 Å². The van der Waals surface area contributed by atoms with Gasteiger partial charge in [0.2, 0.25) is 6.29 Å². The van der Waals surface area contributed by atoms with Crippen LogP contribution in [0.25, 0.3) is 11.2 Å². The van der Waals surface area contributed by atoms with E-state index in [1.807, 2.05) is 0 Å². The molecule has 44 heavy (non-hydrogen) atoms. The van der Waals surface area contributed by atoms with Crippen molar-refractivity contribution in [3.63, 3.8) is 0 Å². The first-order valence-corrected chi connectivity index (χ1v) is 17.6. The van der Waals surface area contributed by atoms with Crippen LogP contribution in [0.3, 0.4) is 0 Å². The fourth-order valence-electron chi connectivity index (χ4n) is 4.31. The summed E-state index contributed by atoms with van der Waals surface area (Å²) in [4.78, 5) is 72.9. The van der Waals surface area contributed by atoms with Crippen LogP contribution in [0.15, 0.2) is 17.8 Å². The summed E-state index contributed by atoms with van der Waals surface area (Å²) in [5.41, 5.74) is 6.44. The van der Waals surface area contributed by atoms with Crippen LogP contribution >= 0.6 is 47.0 Å². The summed E-state index contributed by atoms with van der Waals surface area (Å²) in [6.07, 6.45) is -5.18. The Balaban J connectivity index is 1.39. The second kappa shape index (κ2) is 12.1. The number of carbonyl (C=O) groups excluding carboxylic acids is 2. The highest BCUT2D eigenvalue weighted by atomic mass is 32.1. The minimum atomic E-state index is -5.79. The van der Waals surface area contributed by atoms with E-state index >= 15 is 0 Å². The maximum atomic E-state index is 13.1. The highest BCUT2D eigenvalue weighted by Crippen LogP contribution is 2.66. The third-order valence-corrected chi connectivity index (χ3v) is 11.0. The van der Waals surface area contributed by atoms with Gasteiger partial charge in [-0.3, -0.25) is 18.7 Å². The number of anilines is 2. The van der Waals surface area contributed by atoms with Crippen LogP contribution in [-0.4, -0.2) is 82.0 Å². The Morgan fingerprint density at radius 3 is 2.55 bits per heavy atom. The second-order valence-electron chi connectivity index (χ2n) is 8.97. The fraction of sp³-hybridized carbons (Fsp3) is 0.389. The summed E-state index contributed by atoms with van der Waals surface area (Å²) >= 11 is 6.29. The number of imidazole rings is 1. The Hall–Kier alpha value is -2.30. The summed E-state index contributed by atoms with van der Waals surface area (Å²) < 4.78 is 66.1. The molecule has 2 fully saturated rings. The lowest BCUT2D eigenvalue weighted by molar-refractivity contribution is -0.166. The van der Waals surface area contributed by atoms with Crippen LogP contribution in [0.4, 0.5) is 11.6 Å². The van der Waals surface area contributed by atoms with Gasteiger partial charge >= 0.3 is 23.5 Å². The van der Waals surface area contributed by atoms with Crippen LogP contribution in [0.5, 0.6) is 0 Å². The van der Waals surface area contributed by atoms with Crippen molar-refractivity contribution < 1.29 is 70.2 Å². The van der Waals surface area contributed by atoms with Crippen molar-refractivity contribution in [3.8, 4) is 0 Å². The number of amides is 1. The molecule has 3 aromatic heterocycles. The molecule has 0 aromatic carbocycles. The molecule has 0 saturated carbocycles. The average molecular weight is 718 g/mol. The summed E-state index contributed by atoms with van der Waals surface area (Å²) in [6, 6.07) is 1.50. The van der Waals surface area contributed by atoms with Crippen molar-refractivity contribution in [3.05, 3.63) is 27.3 Å². The summed E-state index contributed by atoms with van der Waals surface area (Å²) in [5.74, 6) is -1.17. The first-order valence-electron chi connectivity index (χ1n) is 11.8. The number of nitrogen functional groups attached to an aromatic ring is 1. The zero-order valence-electron chi connectivity index (χ0n) is 21.7. The zero-order valence-corrected chi connectivity index (χ0v) is 26.0. The molecule has 26 heteroatoms. The van der Waals surface area contributed by atoms with Crippen LogP contribution in [0.2, 0.25) is 0 Å². The van der Waals surface area contributed by atoms with Crippen molar-refractivity contribution in [2.24, 2.45) is 0 Å². The number of carbonyl (C=O) groups is 2. The molecular formula is C18H21N6O15P3S2. The van der Waals surface area contributed by atoms with E-state index in [1.165, 1.54) is 23.9 Å². The molecule has 7 atom stereocenters. The summed E-state index contributed by atoms with van der Waals surface area (Å²) in [5, 5.41) is 4.13. The van der Waals surface area contributed by atoms with Gasteiger partial charge in [-0.05, 0) is 11.4 Å². The molecule has 0 aliphatic carbocycles. The number of phosphoric ester groups is 1. The molecule has 21 nitrogen and oxygen atoms in total. The monoisotopic (exact) mass is 718 g/mol. The van der Waals surface area contributed by atoms with Gasteiger partial charge in [0.05, 0.1) is 23.5 Å². The molecule has 6 unspecified atom stereocenters. The van der Waals surface area contributed by atoms with Crippen LogP contribution in [0.1, 0.15) is 22.8 Å². The van der Waals surface area contributed by atoms with Crippen molar-refractivity contribution in [2.45, 2.75) is 37.8 Å².